The molecule has 0 aliphatic heterocycles. The van der Waals surface area contributed by atoms with Crippen molar-refractivity contribution < 1.29 is 4.57 Å². The van der Waals surface area contributed by atoms with Crippen LogP contribution in [0.3, 0.4) is 0 Å². The Bertz CT molecular complexity index is 896. The lowest BCUT2D eigenvalue weighted by atomic mass is 10.2. The lowest BCUT2D eigenvalue weighted by molar-refractivity contribution is -0.694. The van der Waals surface area contributed by atoms with E-state index in [2.05, 4.69) is 51.1 Å². The zero-order valence-corrected chi connectivity index (χ0v) is 16.6. The molecule has 0 bridgehead atoms. The third kappa shape index (κ3) is 5.52. The first-order chi connectivity index (χ1) is 13.2. The average molecular weight is 400 g/mol. The standard InChI is InChI=1S/C21H21Cl2N4/c1-2-27(15-14-26-12-4-3-5-13-26)19-9-7-18(8-10-19)24-25-21-16-17(22)6-11-20(21)23/h3-13,16H,2,14-15H2,1H3/q+1. The molecule has 138 valence electrons. The van der Waals surface area contributed by atoms with Gasteiger partial charge in [-0.3, -0.25) is 0 Å². The van der Waals surface area contributed by atoms with E-state index in [1.807, 2.05) is 30.3 Å². The van der Waals surface area contributed by atoms with Crippen LogP contribution < -0.4 is 9.47 Å². The van der Waals surface area contributed by atoms with E-state index >= 15 is 0 Å². The van der Waals surface area contributed by atoms with Crippen LogP contribution in [0.4, 0.5) is 17.1 Å². The van der Waals surface area contributed by atoms with E-state index in [1.165, 1.54) is 0 Å². The third-order valence-corrected chi connectivity index (χ3v) is 4.74. The van der Waals surface area contributed by atoms with Crippen molar-refractivity contribution >= 4 is 40.3 Å². The molecule has 1 heterocycles. The van der Waals surface area contributed by atoms with Crippen molar-refractivity contribution in [3.63, 3.8) is 0 Å². The average Bonchev–Trinajstić information content (AvgIpc) is 2.71. The summed E-state index contributed by atoms with van der Waals surface area (Å²) in [4.78, 5) is 2.33. The maximum Gasteiger partial charge on any atom is 0.168 e. The topological polar surface area (TPSA) is 31.8 Å². The number of hydrogen-bond acceptors (Lipinski definition) is 3. The highest BCUT2D eigenvalue weighted by atomic mass is 35.5. The number of halogens is 2. The van der Waals surface area contributed by atoms with Crippen LogP contribution in [0.2, 0.25) is 10.0 Å². The summed E-state index contributed by atoms with van der Waals surface area (Å²) in [5, 5.41) is 9.56. The first kappa shape index (κ1) is 19.3. The van der Waals surface area contributed by atoms with Gasteiger partial charge in [-0.25, -0.2) is 4.57 Å². The fourth-order valence-electron chi connectivity index (χ4n) is 2.69. The van der Waals surface area contributed by atoms with E-state index in [0.717, 1.165) is 31.0 Å². The van der Waals surface area contributed by atoms with Crippen LogP contribution in [0.15, 0.2) is 83.3 Å². The summed E-state index contributed by atoms with van der Waals surface area (Å²) in [6, 6.07) is 19.3. The molecule has 4 nitrogen and oxygen atoms in total. The number of pyridine rings is 1. The molecule has 0 atom stereocenters. The van der Waals surface area contributed by atoms with E-state index in [1.54, 1.807) is 18.2 Å². The van der Waals surface area contributed by atoms with Gasteiger partial charge in [-0.15, -0.1) is 5.11 Å². The van der Waals surface area contributed by atoms with Gasteiger partial charge in [0, 0.05) is 29.4 Å². The molecule has 0 saturated heterocycles. The number of anilines is 1. The Labute approximate surface area is 169 Å². The van der Waals surface area contributed by atoms with E-state index < -0.39 is 0 Å². The SMILES string of the molecule is CCN(CC[n+]1ccccc1)c1ccc(N=Nc2cc(Cl)ccc2Cl)cc1. The molecule has 0 N–H and O–H groups in total. The molecule has 0 spiro atoms. The normalized spacial score (nSPS) is 11.1. The minimum absolute atomic E-state index is 0.523. The maximum absolute atomic E-state index is 6.11. The third-order valence-electron chi connectivity index (χ3n) is 4.18. The number of nitrogens with zero attached hydrogens (tertiary/aromatic N) is 4. The zero-order valence-electron chi connectivity index (χ0n) is 15.1. The van der Waals surface area contributed by atoms with Crippen molar-refractivity contribution in [2.75, 3.05) is 18.0 Å². The molecule has 0 radical (unpaired) electrons. The number of aromatic nitrogens is 1. The fraction of sp³-hybridized carbons (Fsp3) is 0.190. The molecule has 6 heteroatoms. The molecule has 3 rings (SSSR count). The first-order valence-electron chi connectivity index (χ1n) is 8.81. The first-order valence-corrected chi connectivity index (χ1v) is 9.57. The molecule has 3 aromatic rings. The van der Waals surface area contributed by atoms with Crippen molar-refractivity contribution in [1.29, 1.82) is 0 Å². The van der Waals surface area contributed by atoms with Gasteiger partial charge < -0.3 is 4.90 Å². The van der Waals surface area contributed by atoms with Crippen LogP contribution in [0.25, 0.3) is 0 Å². The Kier molecular flexibility index (Phi) is 6.80. The molecule has 0 fully saturated rings. The van der Waals surface area contributed by atoms with E-state index in [4.69, 9.17) is 23.2 Å². The van der Waals surface area contributed by atoms with Crippen LogP contribution in [-0.4, -0.2) is 13.1 Å². The predicted octanol–water partition coefficient (Wildman–Crippen LogP) is 6.22. The molecule has 0 amide bonds. The highest BCUT2D eigenvalue weighted by Gasteiger charge is 2.07. The summed E-state index contributed by atoms with van der Waals surface area (Å²) in [6.45, 7) is 4.96. The number of azo groups is 1. The van der Waals surface area contributed by atoms with Crippen LogP contribution in [0.5, 0.6) is 0 Å². The minimum Gasteiger partial charge on any atom is -0.365 e. The van der Waals surface area contributed by atoms with Crippen molar-refractivity contribution in [2.45, 2.75) is 13.5 Å². The highest BCUT2D eigenvalue weighted by Crippen LogP contribution is 2.30. The highest BCUT2D eigenvalue weighted by molar-refractivity contribution is 6.35. The summed E-state index contributed by atoms with van der Waals surface area (Å²) < 4.78 is 2.18. The molecular weight excluding hydrogens is 379 g/mol. The Morgan fingerprint density at radius 3 is 2.37 bits per heavy atom. The summed E-state index contributed by atoms with van der Waals surface area (Å²) in [6.07, 6.45) is 4.16. The van der Waals surface area contributed by atoms with Crippen molar-refractivity contribution in [3.05, 3.63) is 83.1 Å². The van der Waals surface area contributed by atoms with E-state index in [-0.39, 0.29) is 0 Å². The van der Waals surface area contributed by atoms with Gasteiger partial charge in [0.05, 0.1) is 17.3 Å². The van der Waals surface area contributed by atoms with Gasteiger partial charge in [0.15, 0.2) is 18.9 Å². The van der Waals surface area contributed by atoms with Gasteiger partial charge in [0.25, 0.3) is 0 Å². The Morgan fingerprint density at radius 2 is 1.67 bits per heavy atom. The van der Waals surface area contributed by atoms with Crippen LogP contribution in [-0.2, 0) is 6.54 Å². The molecule has 0 unspecified atom stereocenters. The number of rotatable bonds is 7. The summed E-state index contributed by atoms with van der Waals surface area (Å²) in [5.41, 5.74) is 2.49. The van der Waals surface area contributed by atoms with Crippen molar-refractivity contribution in [3.8, 4) is 0 Å². The quantitative estimate of drug-likeness (QED) is 0.342. The molecular formula is C21H21Cl2N4+. The van der Waals surface area contributed by atoms with Crippen molar-refractivity contribution in [2.24, 2.45) is 10.2 Å². The Morgan fingerprint density at radius 1 is 0.926 bits per heavy atom. The smallest absolute Gasteiger partial charge is 0.168 e. The van der Waals surface area contributed by atoms with E-state index in [9.17, 15) is 0 Å². The summed E-state index contributed by atoms with van der Waals surface area (Å²) in [5.74, 6) is 0. The van der Waals surface area contributed by atoms with Crippen molar-refractivity contribution in [1.82, 2.24) is 0 Å². The predicted molar refractivity (Wildman–Crippen MR) is 112 cm³/mol. The van der Waals surface area contributed by atoms with Crippen LogP contribution in [0, 0.1) is 0 Å². The lowest BCUT2D eigenvalue weighted by Crippen LogP contribution is -2.40. The largest absolute Gasteiger partial charge is 0.365 e. The number of hydrogen-bond donors (Lipinski definition) is 0. The van der Waals surface area contributed by atoms with Gasteiger partial charge in [0.2, 0.25) is 0 Å². The number of likely N-dealkylation sites (N-methyl/N-ethyl adjacent to an activating group) is 1. The second-order valence-corrected chi connectivity index (χ2v) is 6.85. The van der Waals surface area contributed by atoms with E-state index in [0.29, 0.717) is 15.7 Å². The fourth-order valence-corrected chi connectivity index (χ4v) is 3.02. The molecule has 1 aromatic heterocycles. The van der Waals surface area contributed by atoms with Gasteiger partial charge >= 0.3 is 0 Å². The Hall–Kier alpha value is -2.43. The monoisotopic (exact) mass is 399 g/mol. The summed E-state index contributed by atoms with van der Waals surface area (Å²) in [7, 11) is 0. The summed E-state index contributed by atoms with van der Waals surface area (Å²) >= 11 is 12.1. The minimum atomic E-state index is 0.523. The second-order valence-electron chi connectivity index (χ2n) is 6.01. The molecule has 0 aliphatic rings. The van der Waals surface area contributed by atoms with Gasteiger partial charge in [-0.2, -0.15) is 5.11 Å². The Balaban J connectivity index is 1.66. The second kappa shape index (κ2) is 9.49. The van der Waals surface area contributed by atoms with Gasteiger partial charge in [0.1, 0.15) is 5.69 Å². The zero-order chi connectivity index (χ0) is 19.1. The lowest BCUT2D eigenvalue weighted by Gasteiger charge is -2.21. The van der Waals surface area contributed by atoms with Gasteiger partial charge in [-0.1, -0.05) is 29.3 Å². The van der Waals surface area contributed by atoms with Crippen LogP contribution in [0.1, 0.15) is 6.92 Å². The van der Waals surface area contributed by atoms with Gasteiger partial charge in [-0.05, 0) is 49.4 Å². The molecule has 0 saturated carbocycles. The van der Waals surface area contributed by atoms with Crippen LogP contribution >= 0.6 is 23.2 Å². The molecule has 2 aromatic carbocycles. The molecule has 27 heavy (non-hydrogen) atoms. The maximum atomic E-state index is 6.11. The molecule has 0 aliphatic carbocycles. The number of benzene rings is 2.